The van der Waals surface area contributed by atoms with Crippen LogP contribution in [0.5, 0.6) is 23.0 Å². The topological polar surface area (TPSA) is 102 Å². The van der Waals surface area contributed by atoms with Gasteiger partial charge >= 0.3 is 0 Å². The van der Waals surface area contributed by atoms with Crippen molar-refractivity contribution < 1.29 is 28.8 Å². The molecular formula is C30H34N2O6. The molecule has 0 spiro atoms. The number of amides is 1. The monoisotopic (exact) mass is 518 g/mol. The summed E-state index contributed by atoms with van der Waals surface area (Å²) < 4.78 is 22.4. The Morgan fingerprint density at radius 2 is 1.63 bits per heavy atom. The number of H-pyrrole nitrogens is 1. The third-order valence-corrected chi connectivity index (χ3v) is 6.61. The van der Waals surface area contributed by atoms with Crippen molar-refractivity contribution in [3.8, 4) is 23.0 Å². The SMILES string of the molecule is COc1cc(COc2ccccc2C(C)C(=O)N[C@@H](CO)Cc2c[nH]c3ccccc23)cc(OC)c1OC. The first-order valence-corrected chi connectivity index (χ1v) is 12.5. The van der Waals surface area contributed by atoms with Crippen LogP contribution in [0.1, 0.15) is 29.5 Å². The highest BCUT2D eigenvalue weighted by Crippen LogP contribution is 2.38. The molecule has 0 aliphatic rings. The minimum absolute atomic E-state index is 0.169. The molecule has 200 valence electrons. The molecule has 4 aromatic rings. The normalized spacial score (nSPS) is 12.6. The molecule has 38 heavy (non-hydrogen) atoms. The van der Waals surface area contributed by atoms with E-state index in [4.69, 9.17) is 18.9 Å². The van der Waals surface area contributed by atoms with Crippen molar-refractivity contribution in [1.82, 2.24) is 10.3 Å². The summed E-state index contributed by atoms with van der Waals surface area (Å²) in [7, 11) is 4.69. The van der Waals surface area contributed by atoms with E-state index in [2.05, 4.69) is 10.3 Å². The van der Waals surface area contributed by atoms with Crippen molar-refractivity contribution in [2.24, 2.45) is 0 Å². The molecule has 0 fully saturated rings. The van der Waals surface area contributed by atoms with Crippen molar-refractivity contribution >= 4 is 16.8 Å². The fraction of sp³-hybridized carbons (Fsp3) is 0.300. The molecule has 3 N–H and O–H groups in total. The van der Waals surface area contributed by atoms with E-state index in [-0.39, 0.29) is 19.1 Å². The number of aromatic amines is 1. The molecule has 4 rings (SSSR count). The summed E-state index contributed by atoms with van der Waals surface area (Å²) in [6.45, 7) is 1.90. The van der Waals surface area contributed by atoms with E-state index >= 15 is 0 Å². The smallest absolute Gasteiger partial charge is 0.227 e. The van der Waals surface area contributed by atoms with Gasteiger partial charge in [-0.3, -0.25) is 4.79 Å². The van der Waals surface area contributed by atoms with Crippen LogP contribution in [0.4, 0.5) is 0 Å². The largest absolute Gasteiger partial charge is 0.493 e. The quantitative estimate of drug-likeness (QED) is 0.253. The van der Waals surface area contributed by atoms with E-state index in [1.54, 1.807) is 21.3 Å². The molecule has 0 saturated carbocycles. The summed E-state index contributed by atoms with van der Waals surface area (Å²) in [5, 5.41) is 14.1. The third-order valence-electron chi connectivity index (χ3n) is 6.61. The number of ether oxygens (including phenoxy) is 4. The lowest BCUT2D eigenvalue weighted by Gasteiger charge is -2.21. The highest BCUT2D eigenvalue weighted by atomic mass is 16.5. The van der Waals surface area contributed by atoms with E-state index in [9.17, 15) is 9.90 Å². The molecule has 0 aliphatic heterocycles. The Hall–Kier alpha value is -4.17. The van der Waals surface area contributed by atoms with E-state index in [1.165, 1.54) is 0 Å². The van der Waals surface area contributed by atoms with E-state index in [0.717, 1.165) is 27.6 Å². The van der Waals surface area contributed by atoms with Gasteiger partial charge < -0.3 is 34.4 Å². The number of hydrogen-bond donors (Lipinski definition) is 3. The first kappa shape index (κ1) is 26.9. The molecule has 2 atom stereocenters. The number of carbonyl (C=O) groups is 1. The van der Waals surface area contributed by atoms with Crippen molar-refractivity contribution in [2.45, 2.75) is 31.9 Å². The summed E-state index contributed by atoms with van der Waals surface area (Å²) in [6, 6.07) is 18.7. The average Bonchev–Trinajstić information content (AvgIpc) is 3.37. The first-order valence-electron chi connectivity index (χ1n) is 12.5. The van der Waals surface area contributed by atoms with Crippen LogP contribution in [0, 0.1) is 0 Å². The van der Waals surface area contributed by atoms with Crippen LogP contribution in [-0.2, 0) is 17.8 Å². The van der Waals surface area contributed by atoms with Gasteiger partial charge in [0.1, 0.15) is 12.4 Å². The zero-order valence-corrected chi connectivity index (χ0v) is 22.1. The maximum absolute atomic E-state index is 13.2. The molecule has 0 radical (unpaired) electrons. The van der Waals surface area contributed by atoms with Gasteiger partial charge in [-0.2, -0.15) is 0 Å². The summed E-state index contributed by atoms with van der Waals surface area (Å²) >= 11 is 0. The number of hydrogen-bond acceptors (Lipinski definition) is 6. The Morgan fingerprint density at radius 1 is 0.947 bits per heavy atom. The molecular weight excluding hydrogens is 484 g/mol. The second-order valence-corrected chi connectivity index (χ2v) is 9.03. The highest BCUT2D eigenvalue weighted by Gasteiger charge is 2.23. The maximum Gasteiger partial charge on any atom is 0.227 e. The third kappa shape index (κ3) is 5.86. The van der Waals surface area contributed by atoms with Gasteiger partial charge in [-0.1, -0.05) is 36.4 Å². The average molecular weight is 519 g/mol. The zero-order valence-electron chi connectivity index (χ0n) is 22.1. The molecule has 8 nitrogen and oxygen atoms in total. The van der Waals surface area contributed by atoms with Gasteiger partial charge in [-0.25, -0.2) is 0 Å². The van der Waals surface area contributed by atoms with Crippen LogP contribution < -0.4 is 24.3 Å². The second kappa shape index (κ2) is 12.4. The van der Waals surface area contributed by atoms with Crippen LogP contribution in [0.3, 0.4) is 0 Å². The first-order chi connectivity index (χ1) is 18.5. The molecule has 1 aromatic heterocycles. The summed E-state index contributed by atoms with van der Waals surface area (Å²) in [5.74, 6) is 1.50. The number of rotatable bonds is 12. The number of aliphatic hydroxyl groups is 1. The van der Waals surface area contributed by atoms with Gasteiger partial charge in [0.15, 0.2) is 11.5 Å². The Kier molecular flexibility index (Phi) is 8.76. The summed E-state index contributed by atoms with van der Waals surface area (Å²) in [5.41, 5.74) is 3.64. The van der Waals surface area contributed by atoms with Gasteiger partial charge in [0.2, 0.25) is 11.7 Å². The Bertz CT molecular complexity index is 1360. The van der Waals surface area contributed by atoms with Crippen molar-refractivity contribution in [1.29, 1.82) is 0 Å². The molecule has 0 saturated heterocycles. The van der Waals surface area contributed by atoms with Crippen molar-refractivity contribution in [2.75, 3.05) is 27.9 Å². The fourth-order valence-corrected chi connectivity index (χ4v) is 4.54. The lowest BCUT2D eigenvalue weighted by molar-refractivity contribution is -0.123. The number of fused-ring (bicyclic) bond motifs is 1. The molecule has 1 unspecified atom stereocenters. The van der Waals surface area contributed by atoms with Crippen LogP contribution >= 0.6 is 0 Å². The van der Waals surface area contributed by atoms with Gasteiger partial charge in [0.05, 0.1) is 39.9 Å². The molecule has 3 aromatic carbocycles. The van der Waals surface area contributed by atoms with Crippen molar-refractivity contribution in [3.05, 3.63) is 83.6 Å². The number of nitrogens with one attached hydrogen (secondary N) is 2. The number of aliphatic hydroxyl groups excluding tert-OH is 1. The number of para-hydroxylation sites is 2. The van der Waals surface area contributed by atoms with E-state index in [0.29, 0.717) is 29.4 Å². The number of benzene rings is 3. The Labute approximate surface area is 222 Å². The van der Waals surface area contributed by atoms with E-state index in [1.807, 2.05) is 73.8 Å². The predicted octanol–water partition coefficient (Wildman–Crippen LogP) is 4.60. The van der Waals surface area contributed by atoms with E-state index < -0.39 is 12.0 Å². The molecule has 1 heterocycles. The van der Waals surface area contributed by atoms with Gasteiger partial charge in [-0.05, 0) is 48.7 Å². The molecule has 8 heteroatoms. The van der Waals surface area contributed by atoms with Gasteiger partial charge in [0, 0.05) is 22.7 Å². The lowest BCUT2D eigenvalue weighted by atomic mass is 9.98. The Balaban J connectivity index is 1.46. The van der Waals surface area contributed by atoms with Crippen LogP contribution in [0.15, 0.2) is 66.9 Å². The number of methoxy groups -OCH3 is 3. The molecule has 0 aliphatic carbocycles. The minimum atomic E-state index is -0.497. The summed E-state index contributed by atoms with van der Waals surface area (Å²) in [6.07, 6.45) is 2.44. The Morgan fingerprint density at radius 3 is 2.32 bits per heavy atom. The van der Waals surface area contributed by atoms with Crippen LogP contribution in [0.25, 0.3) is 10.9 Å². The lowest BCUT2D eigenvalue weighted by Crippen LogP contribution is -2.41. The number of carbonyl (C=O) groups excluding carboxylic acids is 1. The van der Waals surface area contributed by atoms with Gasteiger partial charge in [-0.15, -0.1) is 0 Å². The predicted molar refractivity (Wildman–Crippen MR) is 146 cm³/mol. The zero-order chi connectivity index (χ0) is 27.1. The second-order valence-electron chi connectivity index (χ2n) is 9.03. The van der Waals surface area contributed by atoms with Gasteiger partial charge in [0.25, 0.3) is 0 Å². The highest BCUT2D eigenvalue weighted by molar-refractivity contribution is 5.85. The standard InChI is InChI=1S/C30H34N2O6/c1-19(30(34)32-22(17-33)15-21-16-31-25-11-7-5-10-24(21)25)23-9-6-8-12-26(23)38-18-20-13-27(35-2)29(37-4)28(14-20)36-3/h5-14,16,19,22,31,33H,15,17-18H2,1-4H3,(H,32,34)/t19?,22-/m1/s1. The maximum atomic E-state index is 13.2. The molecule has 0 bridgehead atoms. The fourth-order valence-electron chi connectivity index (χ4n) is 4.54. The summed E-state index contributed by atoms with van der Waals surface area (Å²) in [4.78, 5) is 16.5. The van der Waals surface area contributed by atoms with Crippen LogP contribution in [0.2, 0.25) is 0 Å². The molecule has 1 amide bonds. The minimum Gasteiger partial charge on any atom is -0.493 e. The van der Waals surface area contributed by atoms with Crippen molar-refractivity contribution in [3.63, 3.8) is 0 Å². The number of aromatic nitrogens is 1. The van der Waals surface area contributed by atoms with Crippen LogP contribution in [-0.4, -0.2) is 50.0 Å².